The minimum Gasteiger partial charge on any atom is -0.382 e. The number of hydrogen-bond donors (Lipinski definition) is 1. The highest BCUT2D eigenvalue weighted by atomic mass is 16.5. The summed E-state index contributed by atoms with van der Waals surface area (Å²) in [5, 5.41) is 2.96. The third-order valence-electron chi connectivity index (χ3n) is 2.69. The van der Waals surface area contributed by atoms with Gasteiger partial charge in [-0.15, -0.1) is 0 Å². The Labute approximate surface area is 86.2 Å². The van der Waals surface area contributed by atoms with Crippen molar-refractivity contribution in [1.29, 1.82) is 0 Å². The van der Waals surface area contributed by atoms with Crippen molar-refractivity contribution < 1.29 is 9.53 Å². The van der Waals surface area contributed by atoms with Gasteiger partial charge in [0.05, 0.1) is 0 Å². The number of amides is 1. The SMILES string of the molecule is CCOCCCC1CCCCNC1=O. The topological polar surface area (TPSA) is 38.3 Å². The van der Waals surface area contributed by atoms with Gasteiger partial charge in [0.2, 0.25) is 5.91 Å². The summed E-state index contributed by atoms with van der Waals surface area (Å²) in [4.78, 5) is 11.5. The maximum Gasteiger partial charge on any atom is 0.223 e. The zero-order valence-electron chi connectivity index (χ0n) is 9.05. The van der Waals surface area contributed by atoms with Gasteiger partial charge in [-0.1, -0.05) is 6.42 Å². The molecule has 1 atom stereocenters. The molecular formula is C11H21NO2. The van der Waals surface area contributed by atoms with Gasteiger partial charge >= 0.3 is 0 Å². The fourth-order valence-corrected chi connectivity index (χ4v) is 1.85. The smallest absolute Gasteiger partial charge is 0.223 e. The fraction of sp³-hybridized carbons (Fsp3) is 0.909. The Morgan fingerprint density at radius 3 is 3.14 bits per heavy atom. The molecule has 0 bridgehead atoms. The number of nitrogens with one attached hydrogen (secondary N) is 1. The molecule has 14 heavy (non-hydrogen) atoms. The fourth-order valence-electron chi connectivity index (χ4n) is 1.85. The van der Waals surface area contributed by atoms with E-state index >= 15 is 0 Å². The summed E-state index contributed by atoms with van der Waals surface area (Å²) in [5.74, 6) is 0.483. The molecule has 82 valence electrons. The van der Waals surface area contributed by atoms with Crippen LogP contribution >= 0.6 is 0 Å². The van der Waals surface area contributed by atoms with Crippen LogP contribution in [-0.4, -0.2) is 25.7 Å². The molecule has 1 saturated heterocycles. The second kappa shape index (κ2) is 6.82. The molecule has 0 spiro atoms. The average molecular weight is 199 g/mol. The molecule has 0 radical (unpaired) electrons. The van der Waals surface area contributed by atoms with Crippen molar-refractivity contribution in [2.24, 2.45) is 5.92 Å². The number of ether oxygens (including phenoxy) is 1. The predicted octanol–water partition coefficient (Wildman–Crippen LogP) is 1.72. The maximum atomic E-state index is 11.5. The first-order valence-corrected chi connectivity index (χ1v) is 5.70. The lowest BCUT2D eigenvalue weighted by Gasteiger charge is -2.12. The van der Waals surface area contributed by atoms with Crippen LogP contribution in [0, 0.1) is 5.92 Å². The number of carbonyl (C=O) groups is 1. The molecule has 0 aliphatic carbocycles. The van der Waals surface area contributed by atoms with Crippen molar-refractivity contribution >= 4 is 5.91 Å². The van der Waals surface area contributed by atoms with Crippen LogP contribution in [0.2, 0.25) is 0 Å². The highest BCUT2D eigenvalue weighted by Gasteiger charge is 2.19. The van der Waals surface area contributed by atoms with Crippen LogP contribution in [0.5, 0.6) is 0 Å². The van der Waals surface area contributed by atoms with E-state index in [0.717, 1.165) is 45.4 Å². The van der Waals surface area contributed by atoms with Gasteiger partial charge in [-0.3, -0.25) is 4.79 Å². The van der Waals surface area contributed by atoms with Crippen molar-refractivity contribution in [1.82, 2.24) is 5.32 Å². The predicted molar refractivity (Wildman–Crippen MR) is 56.1 cm³/mol. The van der Waals surface area contributed by atoms with Crippen LogP contribution in [0.1, 0.15) is 39.0 Å². The van der Waals surface area contributed by atoms with Gasteiger partial charge in [-0.05, 0) is 32.6 Å². The van der Waals surface area contributed by atoms with Crippen molar-refractivity contribution in [2.45, 2.75) is 39.0 Å². The van der Waals surface area contributed by atoms with Gasteiger partial charge in [0, 0.05) is 25.7 Å². The molecule has 0 aromatic rings. The summed E-state index contributed by atoms with van der Waals surface area (Å²) in [6.45, 7) is 4.43. The molecule has 1 unspecified atom stereocenters. The summed E-state index contributed by atoms with van der Waals surface area (Å²) in [5.41, 5.74) is 0. The molecule has 1 heterocycles. The zero-order valence-corrected chi connectivity index (χ0v) is 9.05. The van der Waals surface area contributed by atoms with Crippen molar-refractivity contribution in [3.8, 4) is 0 Å². The van der Waals surface area contributed by atoms with Crippen LogP contribution in [0.3, 0.4) is 0 Å². The molecule has 0 aromatic heterocycles. The van der Waals surface area contributed by atoms with Crippen LogP contribution in [0.4, 0.5) is 0 Å². The molecular weight excluding hydrogens is 178 g/mol. The molecule has 1 rings (SSSR count). The normalized spacial score (nSPS) is 22.9. The molecule has 3 heteroatoms. The molecule has 1 aliphatic rings. The average Bonchev–Trinajstić information content (AvgIpc) is 2.39. The van der Waals surface area contributed by atoms with Crippen LogP contribution < -0.4 is 5.32 Å². The van der Waals surface area contributed by atoms with Crippen molar-refractivity contribution in [3.63, 3.8) is 0 Å². The quantitative estimate of drug-likeness (QED) is 0.685. The van der Waals surface area contributed by atoms with E-state index < -0.39 is 0 Å². The standard InChI is InChI=1S/C11H21NO2/c1-2-14-9-5-7-10-6-3-4-8-12-11(10)13/h10H,2-9H2,1H3,(H,12,13). The highest BCUT2D eigenvalue weighted by Crippen LogP contribution is 2.17. The van der Waals surface area contributed by atoms with E-state index in [1.165, 1.54) is 6.42 Å². The van der Waals surface area contributed by atoms with Crippen LogP contribution in [-0.2, 0) is 9.53 Å². The number of carbonyl (C=O) groups excluding carboxylic acids is 1. The Bertz CT molecular complexity index is 171. The highest BCUT2D eigenvalue weighted by molar-refractivity contribution is 5.78. The van der Waals surface area contributed by atoms with Gasteiger partial charge < -0.3 is 10.1 Å². The van der Waals surface area contributed by atoms with E-state index in [9.17, 15) is 4.79 Å². The molecule has 0 aromatic carbocycles. The lowest BCUT2D eigenvalue weighted by molar-refractivity contribution is -0.125. The minimum absolute atomic E-state index is 0.234. The Kier molecular flexibility index (Phi) is 5.60. The van der Waals surface area contributed by atoms with E-state index in [2.05, 4.69) is 5.32 Å². The summed E-state index contributed by atoms with van der Waals surface area (Å²) < 4.78 is 5.26. The third-order valence-corrected chi connectivity index (χ3v) is 2.69. The molecule has 1 aliphatic heterocycles. The summed E-state index contributed by atoms with van der Waals surface area (Å²) >= 11 is 0. The maximum absolute atomic E-state index is 11.5. The largest absolute Gasteiger partial charge is 0.382 e. The summed E-state index contributed by atoms with van der Waals surface area (Å²) in [6.07, 6.45) is 5.35. The lowest BCUT2D eigenvalue weighted by Crippen LogP contribution is -2.28. The van der Waals surface area contributed by atoms with Gasteiger partial charge in [-0.25, -0.2) is 0 Å². The first-order valence-electron chi connectivity index (χ1n) is 5.70. The second-order valence-electron chi connectivity index (χ2n) is 3.82. The zero-order chi connectivity index (χ0) is 10.2. The first kappa shape index (κ1) is 11.5. The molecule has 1 N–H and O–H groups in total. The second-order valence-corrected chi connectivity index (χ2v) is 3.82. The third kappa shape index (κ3) is 4.09. The van der Waals surface area contributed by atoms with E-state index in [1.54, 1.807) is 0 Å². The van der Waals surface area contributed by atoms with Gasteiger partial charge in [-0.2, -0.15) is 0 Å². The van der Waals surface area contributed by atoms with Crippen molar-refractivity contribution in [3.05, 3.63) is 0 Å². The Morgan fingerprint density at radius 2 is 2.36 bits per heavy atom. The Hall–Kier alpha value is -0.570. The molecule has 1 fully saturated rings. The first-order chi connectivity index (χ1) is 6.84. The van der Waals surface area contributed by atoms with E-state index in [-0.39, 0.29) is 11.8 Å². The Morgan fingerprint density at radius 1 is 1.50 bits per heavy atom. The summed E-state index contributed by atoms with van der Waals surface area (Å²) in [7, 11) is 0. The van der Waals surface area contributed by atoms with Crippen molar-refractivity contribution in [2.75, 3.05) is 19.8 Å². The van der Waals surface area contributed by atoms with E-state index in [1.807, 2.05) is 6.92 Å². The van der Waals surface area contributed by atoms with Crippen LogP contribution in [0.15, 0.2) is 0 Å². The summed E-state index contributed by atoms with van der Waals surface area (Å²) in [6, 6.07) is 0. The monoisotopic (exact) mass is 199 g/mol. The van der Waals surface area contributed by atoms with Gasteiger partial charge in [0.25, 0.3) is 0 Å². The van der Waals surface area contributed by atoms with Gasteiger partial charge in [0.15, 0.2) is 0 Å². The molecule has 3 nitrogen and oxygen atoms in total. The lowest BCUT2D eigenvalue weighted by atomic mass is 9.97. The minimum atomic E-state index is 0.234. The van der Waals surface area contributed by atoms with Crippen LogP contribution in [0.25, 0.3) is 0 Å². The van der Waals surface area contributed by atoms with E-state index in [4.69, 9.17) is 4.74 Å². The Balaban J connectivity index is 2.16. The van der Waals surface area contributed by atoms with E-state index in [0.29, 0.717) is 0 Å². The molecule has 1 amide bonds. The van der Waals surface area contributed by atoms with Gasteiger partial charge in [0.1, 0.15) is 0 Å². The molecule has 0 saturated carbocycles. The number of hydrogen-bond acceptors (Lipinski definition) is 2. The number of rotatable bonds is 5.